The number of nitrogens with zero attached hydrogens (tertiary/aromatic N) is 2. The van der Waals surface area contributed by atoms with Gasteiger partial charge in [0.1, 0.15) is 0 Å². The molecule has 1 rings (SSSR count). The Morgan fingerprint density at radius 2 is 2.00 bits per heavy atom. The molecule has 0 bridgehead atoms. The van der Waals surface area contributed by atoms with Gasteiger partial charge in [-0.3, -0.25) is 15.0 Å². The predicted octanol–water partition coefficient (Wildman–Crippen LogP) is 1.81. The molecule has 1 aromatic carbocycles. The fourth-order valence-electron chi connectivity index (χ4n) is 1.61. The van der Waals surface area contributed by atoms with E-state index < -0.39 is 0 Å². The first-order valence-electron chi connectivity index (χ1n) is 5.65. The van der Waals surface area contributed by atoms with E-state index in [0.29, 0.717) is 0 Å². The first-order valence-corrected chi connectivity index (χ1v) is 5.65. The second-order valence-corrected chi connectivity index (χ2v) is 4.11. The third-order valence-electron chi connectivity index (χ3n) is 2.96. The van der Waals surface area contributed by atoms with Crippen molar-refractivity contribution in [3.8, 4) is 0 Å². The van der Waals surface area contributed by atoms with Crippen molar-refractivity contribution >= 4 is 5.69 Å². The molecule has 5 nitrogen and oxygen atoms in total. The van der Waals surface area contributed by atoms with Crippen molar-refractivity contribution in [3.05, 3.63) is 39.9 Å². The van der Waals surface area contributed by atoms with Crippen LogP contribution in [-0.2, 0) is 0 Å². The van der Waals surface area contributed by atoms with Crippen molar-refractivity contribution < 1.29 is 4.92 Å². The molecule has 0 heterocycles. The molecule has 0 aromatic heterocycles. The zero-order valence-electron chi connectivity index (χ0n) is 10.5. The number of nitrogens with one attached hydrogen (secondary N) is 1. The topological polar surface area (TPSA) is 58.4 Å². The number of likely N-dealkylation sites (N-methyl/N-ethyl adjacent to an activating group) is 2. The second kappa shape index (κ2) is 6.32. The molecular weight excluding hydrogens is 218 g/mol. The van der Waals surface area contributed by atoms with Crippen LogP contribution in [0.25, 0.3) is 0 Å². The van der Waals surface area contributed by atoms with E-state index in [4.69, 9.17) is 0 Å². The Morgan fingerprint density at radius 3 is 2.47 bits per heavy atom. The summed E-state index contributed by atoms with van der Waals surface area (Å²) >= 11 is 0. The van der Waals surface area contributed by atoms with Crippen LogP contribution >= 0.6 is 0 Å². The predicted molar refractivity (Wildman–Crippen MR) is 68.1 cm³/mol. The van der Waals surface area contributed by atoms with Gasteiger partial charge in [0.15, 0.2) is 0 Å². The van der Waals surface area contributed by atoms with Crippen molar-refractivity contribution in [1.82, 2.24) is 10.2 Å². The van der Waals surface area contributed by atoms with E-state index in [1.54, 1.807) is 12.1 Å². The molecule has 0 saturated carbocycles. The minimum Gasteiger partial charge on any atom is -0.318 e. The van der Waals surface area contributed by atoms with Crippen LogP contribution in [0.15, 0.2) is 24.3 Å². The summed E-state index contributed by atoms with van der Waals surface area (Å²) in [6.07, 6.45) is 0. The smallest absolute Gasteiger partial charge is 0.269 e. The summed E-state index contributed by atoms with van der Waals surface area (Å²) in [7, 11) is 3.97. The Morgan fingerprint density at radius 1 is 1.41 bits per heavy atom. The van der Waals surface area contributed by atoms with Crippen molar-refractivity contribution in [2.45, 2.75) is 13.0 Å². The van der Waals surface area contributed by atoms with Crippen molar-refractivity contribution in [2.75, 3.05) is 27.2 Å². The zero-order chi connectivity index (χ0) is 12.8. The minimum absolute atomic E-state index is 0.138. The third-order valence-corrected chi connectivity index (χ3v) is 2.96. The average molecular weight is 237 g/mol. The Labute approximate surface area is 102 Å². The molecule has 5 heteroatoms. The van der Waals surface area contributed by atoms with E-state index >= 15 is 0 Å². The van der Waals surface area contributed by atoms with Gasteiger partial charge in [0.05, 0.1) is 4.92 Å². The van der Waals surface area contributed by atoms with Crippen LogP contribution in [0.2, 0.25) is 0 Å². The Bertz CT molecular complexity index is 365. The van der Waals surface area contributed by atoms with Crippen LogP contribution in [0, 0.1) is 10.1 Å². The molecule has 0 spiro atoms. The van der Waals surface area contributed by atoms with Crippen molar-refractivity contribution in [1.29, 1.82) is 0 Å². The van der Waals surface area contributed by atoms with Crippen LogP contribution in [0.5, 0.6) is 0 Å². The molecule has 17 heavy (non-hydrogen) atoms. The van der Waals surface area contributed by atoms with Gasteiger partial charge in [0.25, 0.3) is 5.69 Å². The zero-order valence-corrected chi connectivity index (χ0v) is 10.5. The number of hydrogen-bond donors (Lipinski definition) is 1. The molecule has 1 atom stereocenters. The minimum atomic E-state index is -0.376. The van der Waals surface area contributed by atoms with E-state index in [9.17, 15) is 10.1 Å². The van der Waals surface area contributed by atoms with E-state index in [2.05, 4.69) is 17.1 Å². The summed E-state index contributed by atoms with van der Waals surface area (Å²) in [5.41, 5.74) is 1.23. The lowest BCUT2D eigenvalue weighted by atomic mass is 10.1. The lowest BCUT2D eigenvalue weighted by Crippen LogP contribution is -2.29. The molecule has 0 saturated heterocycles. The molecule has 0 amide bonds. The number of nitro benzene ring substituents is 1. The van der Waals surface area contributed by atoms with E-state index in [1.807, 2.05) is 26.2 Å². The summed E-state index contributed by atoms with van der Waals surface area (Å²) in [6.45, 7) is 3.96. The van der Waals surface area contributed by atoms with Crippen LogP contribution in [0.4, 0.5) is 5.69 Å². The van der Waals surface area contributed by atoms with Crippen LogP contribution in [0.3, 0.4) is 0 Å². The molecule has 0 aliphatic rings. The number of non-ortho nitro benzene ring substituents is 1. The fourth-order valence-corrected chi connectivity index (χ4v) is 1.61. The molecule has 0 fully saturated rings. The quantitative estimate of drug-likeness (QED) is 0.605. The van der Waals surface area contributed by atoms with Gasteiger partial charge in [0.2, 0.25) is 0 Å². The van der Waals surface area contributed by atoms with E-state index in [0.717, 1.165) is 18.7 Å². The molecule has 0 aliphatic carbocycles. The molecule has 0 radical (unpaired) electrons. The highest BCUT2D eigenvalue weighted by Gasteiger charge is 2.12. The largest absolute Gasteiger partial charge is 0.318 e. The van der Waals surface area contributed by atoms with Gasteiger partial charge >= 0.3 is 0 Å². The summed E-state index contributed by atoms with van der Waals surface area (Å²) in [5, 5.41) is 13.6. The molecular formula is C12H19N3O2. The summed E-state index contributed by atoms with van der Waals surface area (Å²) in [4.78, 5) is 12.4. The summed E-state index contributed by atoms with van der Waals surface area (Å²) in [5.74, 6) is 0. The van der Waals surface area contributed by atoms with Crippen LogP contribution < -0.4 is 5.32 Å². The van der Waals surface area contributed by atoms with Gasteiger partial charge in [-0.05, 0) is 26.6 Å². The first-order chi connectivity index (χ1) is 8.06. The fraction of sp³-hybridized carbons (Fsp3) is 0.500. The van der Waals surface area contributed by atoms with Gasteiger partial charge in [-0.1, -0.05) is 12.1 Å². The molecule has 1 aromatic rings. The Kier molecular flexibility index (Phi) is 5.06. The third kappa shape index (κ3) is 3.80. The molecule has 0 aliphatic heterocycles. The summed E-state index contributed by atoms with van der Waals surface area (Å²) < 4.78 is 0. The lowest BCUT2D eigenvalue weighted by molar-refractivity contribution is -0.384. The van der Waals surface area contributed by atoms with Gasteiger partial charge in [-0.2, -0.15) is 0 Å². The SMILES string of the molecule is CNCCN(C)C(C)c1ccc([N+](=O)[O-])cc1. The maximum Gasteiger partial charge on any atom is 0.269 e. The number of hydrogen-bond acceptors (Lipinski definition) is 4. The number of benzene rings is 1. The van der Waals surface area contributed by atoms with Crippen LogP contribution in [-0.4, -0.2) is 37.0 Å². The van der Waals surface area contributed by atoms with Gasteiger partial charge in [0, 0.05) is 31.3 Å². The standard InChI is InChI=1S/C12H19N3O2/c1-10(14(3)9-8-13-2)11-4-6-12(7-5-11)15(16)17/h4-7,10,13H,8-9H2,1-3H3. The van der Waals surface area contributed by atoms with E-state index in [1.165, 1.54) is 0 Å². The average Bonchev–Trinajstić information content (AvgIpc) is 2.35. The van der Waals surface area contributed by atoms with Gasteiger partial charge < -0.3 is 5.32 Å². The van der Waals surface area contributed by atoms with Gasteiger partial charge in [-0.15, -0.1) is 0 Å². The lowest BCUT2D eigenvalue weighted by Gasteiger charge is -2.24. The normalized spacial score (nSPS) is 12.7. The maximum atomic E-state index is 10.5. The van der Waals surface area contributed by atoms with Crippen molar-refractivity contribution in [2.24, 2.45) is 0 Å². The molecule has 1 unspecified atom stereocenters. The number of rotatable bonds is 6. The highest BCUT2D eigenvalue weighted by molar-refractivity contribution is 5.34. The Balaban J connectivity index is 2.68. The van der Waals surface area contributed by atoms with Crippen LogP contribution in [0.1, 0.15) is 18.5 Å². The maximum absolute atomic E-state index is 10.5. The summed E-state index contributed by atoms with van der Waals surface area (Å²) in [6, 6.07) is 7.00. The highest BCUT2D eigenvalue weighted by Crippen LogP contribution is 2.21. The van der Waals surface area contributed by atoms with Gasteiger partial charge in [-0.25, -0.2) is 0 Å². The highest BCUT2D eigenvalue weighted by atomic mass is 16.6. The van der Waals surface area contributed by atoms with Crippen molar-refractivity contribution in [3.63, 3.8) is 0 Å². The Hall–Kier alpha value is -1.46. The monoisotopic (exact) mass is 237 g/mol. The first kappa shape index (κ1) is 13.6. The molecule has 94 valence electrons. The van der Waals surface area contributed by atoms with E-state index in [-0.39, 0.29) is 16.7 Å². The molecule has 1 N–H and O–H groups in total. The number of nitro groups is 1. The second-order valence-electron chi connectivity index (χ2n) is 4.11.